The third kappa shape index (κ3) is 6.82. The number of hydrogen-bond donors (Lipinski definition) is 4. The monoisotopic (exact) mass is 471 g/mol. The number of carboxylic acids is 1. The van der Waals surface area contributed by atoms with Crippen LogP contribution in [0.25, 0.3) is 0 Å². The van der Waals surface area contributed by atoms with Crippen molar-refractivity contribution in [3.8, 4) is 0 Å². The van der Waals surface area contributed by atoms with Crippen LogP contribution >= 0.6 is 11.8 Å². The van der Waals surface area contributed by atoms with Gasteiger partial charge in [0.15, 0.2) is 0 Å². The molecule has 0 aromatic rings. The third-order valence-corrected chi connectivity index (χ3v) is 6.82. The molecule has 4 atom stereocenters. The van der Waals surface area contributed by atoms with Crippen LogP contribution in [0.15, 0.2) is 0 Å². The van der Waals surface area contributed by atoms with Crippen LogP contribution < -0.4 is 16.8 Å². The largest absolute Gasteiger partial charge is 0.480 e. The summed E-state index contributed by atoms with van der Waals surface area (Å²) in [5.74, 6) is -1.26. The molecule has 3 amide bonds. The minimum atomic E-state index is -1.10. The van der Waals surface area contributed by atoms with Crippen molar-refractivity contribution < 1.29 is 24.3 Å². The first kappa shape index (κ1) is 26.4. The molecule has 2 saturated heterocycles. The van der Waals surface area contributed by atoms with Gasteiger partial charge in [-0.3, -0.25) is 14.4 Å². The first-order chi connectivity index (χ1) is 15.3. The number of carboxylic acid groups (broad SMARTS) is 1. The van der Waals surface area contributed by atoms with Crippen molar-refractivity contribution in [2.45, 2.75) is 75.5 Å². The molecule has 182 valence electrons. The number of nitrogens with zero attached hydrogens (tertiary/aromatic N) is 2. The predicted octanol–water partition coefficient (Wildman–Crippen LogP) is -0.253. The Kier molecular flexibility index (Phi) is 10.7. The van der Waals surface area contributed by atoms with Crippen LogP contribution in [0.4, 0.5) is 0 Å². The molecule has 11 heteroatoms. The second kappa shape index (κ2) is 13.0. The SMILES string of the molecule is CSCCC(N)C(=O)N1CCCC1C(=O)N1CCCC1C(=O)NC(CCCCN)C(=O)O. The molecular weight excluding hydrogens is 434 g/mol. The molecule has 0 spiro atoms. The molecule has 10 nitrogen and oxygen atoms in total. The smallest absolute Gasteiger partial charge is 0.326 e. The second-order valence-electron chi connectivity index (χ2n) is 8.45. The lowest BCUT2D eigenvalue weighted by molar-refractivity contribution is -0.148. The molecule has 0 bridgehead atoms. The minimum Gasteiger partial charge on any atom is -0.480 e. The van der Waals surface area contributed by atoms with Gasteiger partial charge in [0.1, 0.15) is 18.1 Å². The number of nitrogens with two attached hydrogens (primary N) is 2. The van der Waals surface area contributed by atoms with E-state index < -0.39 is 36.0 Å². The molecule has 2 heterocycles. The summed E-state index contributed by atoms with van der Waals surface area (Å²) in [6, 6.07) is -2.98. The van der Waals surface area contributed by atoms with Crippen LogP contribution in [-0.4, -0.2) is 94.4 Å². The standard InChI is InChI=1S/C21H37N5O5S/c1-32-13-9-14(23)19(28)26-12-5-8-17(26)20(29)25-11-4-7-16(25)18(27)24-15(21(30)31)6-2-3-10-22/h14-17H,2-13,22-23H2,1H3,(H,24,27)(H,30,31). The Morgan fingerprint density at radius 3 is 2.34 bits per heavy atom. The highest BCUT2D eigenvalue weighted by molar-refractivity contribution is 7.98. The number of rotatable bonds is 12. The fourth-order valence-electron chi connectivity index (χ4n) is 4.38. The average Bonchev–Trinajstić information content (AvgIpc) is 3.45. The topological polar surface area (TPSA) is 159 Å². The Bertz CT molecular complexity index is 679. The van der Waals surface area contributed by atoms with Gasteiger partial charge in [0.25, 0.3) is 0 Å². The van der Waals surface area contributed by atoms with Gasteiger partial charge in [0, 0.05) is 13.1 Å². The summed E-state index contributed by atoms with van der Waals surface area (Å²) in [6.45, 7) is 1.36. The summed E-state index contributed by atoms with van der Waals surface area (Å²) in [5, 5.41) is 12.0. The third-order valence-electron chi connectivity index (χ3n) is 6.17. The van der Waals surface area contributed by atoms with Crippen molar-refractivity contribution in [2.24, 2.45) is 11.5 Å². The van der Waals surface area contributed by atoms with E-state index in [1.165, 1.54) is 4.90 Å². The van der Waals surface area contributed by atoms with Crippen LogP contribution in [0.3, 0.4) is 0 Å². The summed E-state index contributed by atoms with van der Waals surface area (Å²) < 4.78 is 0. The van der Waals surface area contributed by atoms with E-state index in [9.17, 15) is 24.3 Å². The maximum absolute atomic E-state index is 13.3. The van der Waals surface area contributed by atoms with E-state index in [0.717, 1.165) is 5.75 Å². The number of amides is 3. The van der Waals surface area contributed by atoms with Gasteiger partial charge in [-0.05, 0) is 69.9 Å². The molecule has 2 fully saturated rings. The highest BCUT2D eigenvalue weighted by Crippen LogP contribution is 2.26. The zero-order chi connectivity index (χ0) is 23.7. The summed E-state index contributed by atoms with van der Waals surface area (Å²) in [7, 11) is 0. The van der Waals surface area contributed by atoms with Crippen LogP contribution in [0.5, 0.6) is 0 Å². The lowest BCUT2D eigenvalue weighted by Gasteiger charge is -2.32. The minimum absolute atomic E-state index is 0.221. The fourth-order valence-corrected chi connectivity index (χ4v) is 4.87. The number of nitrogens with one attached hydrogen (secondary N) is 1. The van der Waals surface area contributed by atoms with Gasteiger partial charge >= 0.3 is 5.97 Å². The van der Waals surface area contributed by atoms with Crippen LogP contribution in [0.1, 0.15) is 51.4 Å². The van der Waals surface area contributed by atoms with E-state index in [4.69, 9.17) is 11.5 Å². The maximum Gasteiger partial charge on any atom is 0.326 e. The number of thioether (sulfide) groups is 1. The molecule has 2 aliphatic rings. The van der Waals surface area contributed by atoms with Crippen molar-refractivity contribution in [1.29, 1.82) is 0 Å². The summed E-state index contributed by atoms with van der Waals surface area (Å²) in [5.41, 5.74) is 11.5. The van der Waals surface area contributed by atoms with Crippen molar-refractivity contribution >= 4 is 35.5 Å². The molecular formula is C21H37N5O5S. The van der Waals surface area contributed by atoms with E-state index in [2.05, 4.69) is 5.32 Å². The summed E-state index contributed by atoms with van der Waals surface area (Å²) in [6.07, 6.45) is 6.44. The van der Waals surface area contributed by atoms with Crippen molar-refractivity contribution in [3.05, 3.63) is 0 Å². The Morgan fingerprint density at radius 2 is 1.72 bits per heavy atom. The summed E-state index contributed by atoms with van der Waals surface area (Å²) >= 11 is 1.62. The zero-order valence-corrected chi connectivity index (χ0v) is 19.6. The molecule has 6 N–H and O–H groups in total. The summed E-state index contributed by atoms with van der Waals surface area (Å²) in [4.78, 5) is 53.6. The van der Waals surface area contributed by atoms with Gasteiger partial charge in [-0.2, -0.15) is 11.8 Å². The van der Waals surface area contributed by atoms with Crippen molar-refractivity contribution in [1.82, 2.24) is 15.1 Å². The number of unbranched alkanes of at least 4 members (excludes halogenated alkanes) is 1. The van der Waals surface area contributed by atoms with Crippen LogP contribution in [0.2, 0.25) is 0 Å². The van der Waals surface area contributed by atoms with Gasteiger partial charge in [-0.25, -0.2) is 4.79 Å². The number of carbonyl (C=O) groups is 4. The maximum atomic E-state index is 13.3. The zero-order valence-electron chi connectivity index (χ0n) is 18.8. The predicted molar refractivity (Wildman–Crippen MR) is 123 cm³/mol. The quantitative estimate of drug-likeness (QED) is 0.284. The van der Waals surface area contributed by atoms with E-state index in [0.29, 0.717) is 64.6 Å². The second-order valence-corrected chi connectivity index (χ2v) is 9.44. The lowest BCUT2D eigenvalue weighted by Crippen LogP contribution is -2.56. The number of carbonyl (C=O) groups excluding carboxylic acids is 3. The fraction of sp³-hybridized carbons (Fsp3) is 0.810. The van der Waals surface area contributed by atoms with E-state index >= 15 is 0 Å². The van der Waals surface area contributed by atoms with E-state index in [-0.39, 0.29) is 18.2 Å². The van der Waals surface area contributed by atoms with Gasteiger partial charge in [0.2, 0.25) is 17.7 Å². The molecule has 0 saturated carbocycles. The Labute approximate surface area is 193 Å². The van der Waals surface area contributed by atoms with Gasteiger partial charge in [-0.15, -0.1) is 0 Å². The van der Waals surface area contributed by atoms with E-state index in [1.807, 2.05) is 6.26 Å². The number of hydrogen-bond acceptors (Lipinski definition) is 7. The molecule has 2 rings (SSSR count). The number of likely N-dealkylation sites (tertiary alicyclic amines) is 2. The molecule has 0 aliphatic carbocycles. The van der Waals surface area contributed by atoms with E-state index in [1.54, 1.807) is 16.7 Å². The molecule has 0 aromatic carbocycles. The Hall–Kier alpha value is -1.85. The first-order valence-corrected chi connectivity index (χ1v) is 12.8. The number of aliphatic carboxylic acids is 1. The molecule has 2 aliphatic heterocycles. The van der Waals surface area contributed by atoms with Gasteiger partial charge < -0.3 is 31.7 Å². The molecule has 4 unspecified atom stereocenters. The molecule has 0 aromatic heterocycles. The van der Waals surface area contributed by atoms with Crippen LogP contribution in [-0.2, 0) is 19.2 Å². The highest BCUT2D eigenvalue weighted by Gasteiger charge is 2.43. The lowest BCUT2D eigenvalue weighted by atomic mass is 10.1. The highest BCUT2D eigenvalue weighted by atomic mass is 32.2. The average molecular weight is 472 g/mol. The van der Waals surface area contributed by atoms with Crippen molar-refractivity contribution in [2.75, 3.05) is 31.6 Å². The van der Waals surface area contributed by atoms with Gasteiger partial charge in [0.05, 0.1) is 6.04 Å². The molecule has 0 radical (unpaired) electrons. The first-order valence-electron chi connectivity index (χ1n) is 11.4. The molecule has 32 heavy (non-hydrogen) atoms. The van der Waals surface area contributed by atoms with Crippen molar-refractivity contribution in [3.63, 3.8) is 0 Å². The van der Waals surface area contributed by atoms with Crippen LogP contribution in [0, 0.1) is 0 Å². The normalized spacial score (nSPS) is 22.6. The Balaban J connectivity index is 2.03. The Morgan fingerprint density at radius 1 is 1.06 bits per heavy atom. The van der Waals surface area contributed by atoms with Gasteiger partial charge in [-0.1, -0.05) is 0 Å².